The van der Waals surface area contributed by atoms with Gasteiger partial charge in [-0.1, -0.05) is 65.0 Å². The zero-order chi connectivity index (χ0) is 15.8. The molecule has 1 heterocycles. The van der Waals surface area contributed by atoms with Crippen LogP contribution in [-0.2, 0) is 15.5 Å². The SMILES string of the molecule is CCCCCCCCc1ccc(P2OCC(C)(C)CO2)cc1. The lowest BCUT2D eigenvalue weighted by Gasteiger charge is -2.33. The molecule has 1 aliphatic rings. The number of hydrogen-bond acceptors (Lipinski definition) is 2. The highest BCUT2D eigenvalue weighted by molar-refractivity contribution is 7.56. The molecule has 2 rings (SSSR count). The molecule has 0 atom stereocenters. The molecule has 0 aromatic heterocycles. The highest BCUT2D eigenvalue weighted by Gasteiger charge is 2.29. The molecule has 0 saturated carbocycles. The van der Waals surface area contributed by atoms with Crippen molar-refractivity contribution in [2.45, 2.75) is 65.7 Å². The fourth-order valence-electron chi connectivity index (χ4n) is 2.59. The molecule has 1 aromatic carbocycles. The summed E-state index contributed by atoms with van der Waals surface area (Å²) in [5, 5.41) is 1.21. The van der Waals surface area contributed by atoms with Crippen LogP contribution in [0, 0.1) is 5.41 Å². The van der Waals surface area contributed by atoms with E-state index in [9.17, 15) is 0 Å². The molecule has 1 fully saturated rings. The zero-order valence-corrected chi connectivity index (χ0v) is 15.3. The molecule has 124 valence electrons. The van der Waals surface area contributed by atoms with Crippen LogP contribution >= 0.6 is 8.38 Å². The van der Waals surface area contributed by atoms with E-state index < -0.39 is 8.38 Å². The Morgan fingerprint density at radius 3 is 2.14 bits per heavy atom. The van der Waals surface area contributed by atoms with Crippen molar-refractivity contribution in [1.82, 2.24) is 0 Å². The molecular formula is C19H31O2P. The van der Waals surface area contributed by atoms with E-state index in [1.807, 2.05) is 0 Å². The number of rotatable bonds is 8. The van der Waals surface area contributed by atoms with Crippen molar-refractivity contribution in [3.8, 4) is 0 Å². The van der Waals surface area contributed by atoms with Gasteiger partial charge in [0.2, 0.25) is 8.38 Å². The third-order valence-electron chi connectivity index (χ3n) is 4.11. The van der Waals surface area contributed by atoms with E-state index in [2.05, 4.69) is 45.0 Å². The lowest BCUT2D eigenvalue weighted by atomic mass is 9.97. The van der Waals surface area contributed by atoms with Crippen molar-refractivity contribution in [1.29, 1.82) is 0 Å². The Morgan fingerprint density at radius 1 is 0.909 bits per heavy atom. The quantitative estimate of drug-likeness (QED) is 0.458. The van der Waals surface area contributed by atoms with E-state index in [1.165, 1.54) is 55.8 Å². The Hall–Kier alpha value is -0.430. The van der Waals surface area contributed by atoms with Gasteiger partial charge in [-0.15, -0.1) is 0 Å². The third-order valence-corrected chi connectivity index (χ3v) is 5.56. The number of unbranched alkanes of at least 4 members (excludes halogenated alkanes) is 5. The number of aryl methyl sites for hydroxylation is 1. The van der Waals surface area contributed by atoms with Crippen LogP contribution in [0.4, 0.5) is 0 Å². The normalized spacial score (nSPS) is 18.5. The summed E-state index contributed by atoms with van der Waals surface area (Å²) in [5.74, 6) is 0. The summed E-state index contributed by atoms with van der Waals surface area (Å²) >= 11 is 0. The van der Waals surface area contributed by atoms with Gasteiger partial charge in [0.1, 0.15) is 0 Å². The molecule has 0 bridgehead atoms. The lowest BCUT2D eigenvalue weighted by Crippen LogP contribution is -2.30. The molecule has 3 heteroatoms. The van der Waals surface area contributed by atoms with Crippen LogP contribution in [0.25, 0.3) is 0 Å². The van der Waals surface area contributed by atoms with Gasteiger partial charge in [0.25, 0.3) is 0 Å². The summed E-state index contributed by atoms with van der Waals surface area (Å²) in [5.41, 5.74) is 1.59. The van der Waals surface area contributed by atoms with E-state index in [1.54, 1.807) is 0 Å². The van der Waals surface area contributed by atoms with Crippen LogP contribution in [0.15, 0.2) is 24.3 Å². The molecule has 0 N–H and O–H groups in total. The second-order valence-corrected chi connectivity index (χ2v) is 8.70. The Bertz CT molecular complexity index is 418. The summed E-state index contributed by atoms with van der Waals surface area (Å²) in [6.45, 7) is 8.22. The molecule has 1 saturated heterocycles. The van der Waals surface area contributed by atoms with Gasteiger partial charge < -0.3 is 9.05 Å². The molecule has 0 amide bonds. The van der Waals surface area contributed by atoms with Gasteiger partial charge in [-0.2, -0.15) is 0 Å². The fourth-order valence-corrected chi connectivity index (χ4v) is 4.29. The van der Waals surface area contributed by atoms with Crippen molar-refractivity contribution in [3.05, 3.63) is 29.8 Å². The Morgan fingerprint density at radius 2 is 1.50 bits per heavy atom. The minimum absolute atomic E-state index is 0.149. The highest BCUT2D eigenvalue weighted by atomic mass is 31.2. The number of hydrogen-bond donors (Lipinski definition) is 0. The van der Waals surface area contributed by atoms with Crippen LogP contribution in [0.2, 0.25) is 0 Å². The maximum absolute atomic E-state index is 5.90. The standard InChI is InChI=1S/C19H31O2P/c1-4-5-6-7-8-9-10-17-11-13-18(14-12-17)22-20-15-19(2,3)16-21-22/h11-14H,4-10,15-16H2,1-3H3. The van der Waals surface area contributed by atoms with E-state index in [-0.39, 0.29) is 5.41 Å². The van der Waals surface area contributed by atoms with Gasteiger partial charge >= 0.3 is 0 Å². The lowest BCUT2D eigenvalue weighted by molar-refractivity contribution is 0.0656. The largest absolute Gasteiger partial charge is 0.330 e. The van der Waals surface area contributed by atoms with Crippen LogP contribution < -0.4 is 5.30 Å². The minimum Gasteiger partial charge on any atom is -0.330 e. The maximum atomic E-state index is 5.90. The van der Waals surface area contributed by atoms with E-state index in [0.29, 0.717) is 0 Å². The Balaban J connectivity index is 1.71. The average Bonchev–Trinajstić information content (AvgIpc) is 2.51. The summed E-state index contributed by atoms with van der Waals surface area (Å²) < 4.78 is 11.8. The first-order chi connectivity index (χ1) is 10.6. The summed E-state index contributed by atoms with van der Waals surface area (Å²) in [6, 6.07) is 8.87. The molecule has 0 unspecified atom stereocenters. The molecule has 0 aliphatic carbocycles. The van der Waals surface area contributed by atoms with E-state index >= 15 is 0 Å². The van der Waals surface area contributed by atoms with Crippen LogP contribution in [-0.4, -0.2) is 13.2 Å². The molecule has 1 aromatic rings. The summed E-state index contributed by atoms with van der Waals surface area (Å²) in [7, 11) is -0.861. The second kappa shape index (κ2) is 9.01. The molecule has 2 nitrogen and oxygen atoms in total. The van der Waals surface area contributed by atoms with Crippen molar-refractivity contribution < 1.29 is 9.05 Å². The predicted molar refractivity (Wildman–Crippen MR) is 95.8 cm³/mol. The molecule has 1 aliphatic heterocycles. The van der Waals surface area contributed by atoms with Gasteiger partial charge in [0, 0.05) is 10.7 Å². The maximum Gasteiger partial charge on any atom is 0.205 e. The fraction of sp³-hybridized carbons (Fsp3) is 0.684. The van der Waals surface area contributed by atoms with Crippen LogP contribution in [0.1, 0.15) is 64.9 Å². The molecule has 0 spiro atoms. The average molecular weight is 322 g/mol. The predicted octanol–water partition coefficient (Wildman–Crippen LogP) is 5.60. The van der Waals surface area contributed by atoms with Crippen LogP contribution in [0.5, 0.6) is 0 Å². The van der Waals surface area contributed by atoms with E-state index in [4.69, 9.17) is 9.05 Å². The first kappa shape index (κ1) is 17.9. The highest BCUT2D eigenvalue weighted by Crippen LogP contribution is 2.44. The van der Waals surface area contributed by atoms with Crippen molar-refractivity contribution in [2.24, 2.45) is 5.41 Å². The number of benzene rings is 1. The van der Waals surface area contributed by atoms with Gasteiger partial charge in [-0.25, -0.2) is 0 Å². The first-order valence-electron chi connectivity index (χ1n) is 8.76. The topological polar surface area (TPSA) is 18.5 Å². The summed E-state index contributed by atoms with van der Waals surface area (Å²) in [6.07, 6.45) is 9.34. The molecular weight excluding hydrogens is 291 g/mol. The summed E-state index contributed by atoms with van der Waals surface area (Å²) in [4.78, 5) is 0. The Kier molecular flexibility index (Phi) is 7.34. The van der Waals surface area contributed by atoms with E-state index in [0.717, 1.165) is 13.2 Å². The van der Waals surface area contributed by atoms with Gasteiger partial charge in [-0.3, -0.25) is 0 Å². The van der Waals surface area contributed by atoms with Crippen molar-refractivity contribution in [3.63, 3.8) is 0 Å². The Labute approximate surface area is 137 Å². The van der Waals surface area contributed by atoms with Crippen molar-refractivity contribution >= 4 is 13.7 Å². The van der Waals surface area contributed by atoms with Crippen molar-refractivity contribution in [2.75, 3.05) is 13.2 Å². The first-order valence-corrected chi connectivity index (χ1v) is 9.93. The van der Waals surface area contributed by atoms with Crippen LogP contribution in [0.3, 0.4) is 0 Å². The second-order valence-electron chi connectivity index (χ2n) is 7.15. The smallest absolute Gasteiger partial charge is 0.205 e. The minimum atomic E-state index is -0.861. The third kappa shape index (κ3) is 5.99. The van der Waals surface area contributed by atoms with Gasteiger partial charge in [-0.05, 0) is 30.5 Å². The molecule has 0 radical (unpaired) electrons. The zero-order valence-electron chi connectivity index (χ0n) is 14.4. The monoisotopic (exact) mass is 322 g/mol. The van der Waals surface area contributed by atoms with Gasteiger partial charge in [0.05, 0.1) is 13.2 Å². The molecule has 22 heavy (non-hydrogen) atoms. The van der Waals surface area contributed by atoms with Gasteiger partial charge in [0.15, 0.2) is 0 Å².